The van der Waals surface area contributed by atoms with E-state index in [-0.39, 0.29) is 11.3 Å². The predicted molar refractivity (Wildman–Crippen MR) is 72.6 cm³/mol. The Labute approximate surface area is 118 Å². The highest BCUT2D eigenvalue weighted by molar-refractivity contribution is 5.76. The van der Waals surface area contributed by atoms with Gasteiger partial charge in [0.05, 0.1) is 17.6 Å². The third kappa shape index (κ3) is 2.20. The van der Waals surface area contributed by atoms with Crippen LogP contribution in [0.5, 0.6) is 0 Å². The Bertz CT molecular complexity index is 821. The van der Waals surface area contributed by atoms with E-state index in [9.17, 15) is 13.2 Å². The Kier molecular flexibility index (Phi) is 2.86. The number of nitrogens with zero attached hydrogens (tertiary/aromatic N) is 3. The van der Waals surface area contributed by atoms with Crippen molar-refractivity contribution in [2.24, 2.45) is 0 Å². The molecule has 4 nitrogen and oxygen atoms in total. The molecule has 0 spiro atoms. The molecule has 2 aromatic heterocycles. The predicted octanol–water partition coefficient (Wildman–Crippen LogP) is 3.31. The van der Waals surface area contributed by atoms with E-state index in [4.69, 9.17) is 5.73 Å². The van der Waals surface area contributed by atoms with Gasteiger partial charge in [-0.05, 0) is 12.5 Å². The van der Waals surface area contributed by atoms with E-state index in [2.05, 4.69) is 10.1 Å². The van der Waals surface area contributed by atoms with Gasteiger partial charge in [-0.1, -0.05) is 24.3 Å². The summed E-state index contributed by atoms with van der Waals surface area (Å²) in [4.78, 5) is 3.91. The minimum atomic E-state index is -4.52. The van der Waals surface area contributed by atoms with Crippen LogP contribution in [0.25, 0.3) is 16.9 Å². The van der Waals surface area contributed by atoms with Crippen molar-refractivity contribution >= 4 is 11.3 Å². The molecule has 0 unspecified atom stereocenters. The van der Waals surface area contributed by atoms with Crippen molar-refractivity contribution in [1.29, 1.82) is 0 Å². The Hall–Kier alpha value is -2.57. The normalized spacial score (nSPS) is 12.0. The third-order valence-corrected chi connectivity index (χ3v) is 3.20. The Balaban J connectivity index is 2.34. The molecule has 2 heterocycles. The molecule has 0 bridgehead atoms. The largest absolute Gasteiger partial charge is 0.435 e. The zero-order valence-corrected chi connectivity index (χ0v) is 11.0. The van der Waals surface area contributed by atoms with Crippen LogP contribution in [-0.4, -0.2) is 14.6 Å². The molecular formula is C14H11F3N4. The van der Waals surface area contributed by atoms with Crippen LogP contribution in [0.15, 0.2) is 36.5 Å². The highest BCUT2D eigenvalue weighted by atomic mass is 19.4. The first-order chi connectivity index (χ1) is 9.88. The second kappa shape index (κ2) is 4.47. The maximum Gasteiger partial charge on any atom is 0.435 e. The minimum absolute atomic E-state index is 0.106. The Morgan fingerprint density at radius 3 is 2.57 bits per heavy atom. The number of benzene rings is 1. The van der Waals surface area contributed by atoms with E-state index in [1.165, 1.54) is 6.20 Å². The van der Waals surface area contributed by atoms with Crippen LogP contribution in [0.4, 0.5) is 18.9 Å². The molecule has 0 aliphatic carbocycles. The lowest BCUT2D eigenvalue weighted by atomic mass is 10.0. The van der Waals surface area contributed by atoms with Crippen molar-refractivity contribution in [3.63, 3.8) is 0 Å². The fourth-order valence-corrected chi connectivity index (χ4v) is 2.19. The van der Waals surface area contributed by atoms with Gasteiger partial charge in [-0.2, -0.15) is 18.3 Å². The number of fused-ring (bicyclic) bond motifs is 1. The van der Waals surface area contributed by atoms with Crippen LogP contribution < -0.4 is 5.73 Å². The van der Waals surface area contributed by atoms with Gasteiger partial charge in [-0.25, -0.2) is 9.50 Å². The molecule has 0 atom stereocenters. The van der Waals surface area contributed by atoms with E-state index < -0.39 is 11.9 Å². The molecule has 0 fully saturated rings. The van der Waals surface area contributed by atoms with E-state index in [1.54, 1.807) is 12.1 Å². The van der Waals surface area contributed by atoms with E-state index in [0.717, 1.165) is 21.7 Å². The van der Waals surface area contributed by atoms with Crippen molar-refractivity contribution in [2.45, 2.75) is 13.1 Å². The molecule has 21 heavy (non-hydrogen) atoms. The van der Waals surface area contributed by atoms with Gasteiger partial charge in [0.1, 0.15) is 0 Å². The third-order valence-electron chi connectivity index (χ3n) is 3.20. The topological polar surface area (TPSA) is 56.2 Å². The van der Waals surface area contributed by atoms with Crippen molar-refractivity contribution in [2.75, 3.05) is 5.73 Å². The van der Waals surface area contributed by atoms with Gasteiger partial charge in [0.15, 0.2) is 11.3 Å². The molecule has 0 aliphatic rings. The van der Waals surface area contributed by atoms with E-state index in [0.29, 0.717) is 5.69 Å². The Morgan fingerprint density at radius 1 is 1.19 bits per heavy atom. The van der Waals surface area contributed by atoms with Crippen LogP contribution in [-0.2, 0) is 6.18 Å². The molecule has 0 saturated heterocycles. The molecule has 3 rings (SSSR count). The number of nitrogens with two attached hydrogens (primary N) is 1. The summed E-state index contributed by atoms with van der Waals surface area (Å²) in [7, 11) is 0. The quantitative estimate of drug-likeness (QED) is 0.748. The molecule has 108 valence electrons. The van der Waals surface area contributed by atoms with Gasteiger partial charge in [-0.3, -0.25) is 0 Å². The first-order valence-electron chi connectivity index (χ1n) is 6.15. The molecule has 0 radical (unpaired) electrons. The molecule has 0 aliphatic heterocycles. The fourth-order valence-electron chi connectivity index (χ4n) is 2.19. The number of hydrogen-bond donors (Lipinski definition) is 1. The summed E-state index contributed by atoms with van der Waals surface area (Å²) in [5, 5.41) is 3.61. The minimum Gasteiger partial charge on any atom is -0.396 e. The number of halogens is 3. The maximum atomic E-state index is 12.8. The number of alkyl halides is 3. The van der Waals surface area contributed by atoms with Gasteiger partial charge in [0, 0.05) is 11.6 Å². The van der Waals surface area contributed by atoms with Gasteiger partial charge < -0.3 is 5.73 Å². The summed E-state index contributed by atoms with van der Waals surface area (Å²) in [6, 6.07) is 8.19. The molecule has 0 amide bonds. The summed E-state index contributed by atoms with van der Waals surface area (Å²) < 4.78 is 39.6. The number of rotatable bonds is 1. The summed E-state index contributed by atoms with van der Waals surface area (Å²) in [5.74, 6) is 0. The van der Waals surface area contributed by atoms with Crippen LogP contribution in [0.1, 0.15) is 11.3 Å². The summed E-state index contributed by atoms with van der Waals surface area (Å²) in [6.45, 7) is 1.86. The molecule has 1 aromatic carbocycles. The molecule has 2 N–H and O–H groups in total. The van der Waals surface area contributed by atoms with Gasteiger partial charge >= 0.3 is 6.18 Å². The smallest absolute Gasteiger partial charge is 0.396 e. The number of hydrogen-bond acceptors (Lipinski definition) is 3. The van der Waals surface area contributed by atoms with Crippen molar-refractivity contribution in [3.05, 3.63) is 47.8 Å². The fraction of sp³-hybridized carbons (Fsp3) is 0.143. The highest BCUT2D eigenvalue weighted by Crippen LogP contribution is 2.32. The lowest BCUT2D eigenvalue weighted by Crippen LogP contribution is -2.07. The molecule has 3 aromatic rings. The standard InChI is InChI=1S/C14H11F3N4/c1-8-4-2-3-5-9(8)13-10(18)7-19-12-6-11(14(15,16)17)20-21(12)13/h2-7H,18H2,1H3. The van der Waals surface area contributed by atoms with Crippen LogP contribution in [0, 0.1) is 6.92 Å². The van der Waals surface area contributed by atoms with Crippen molar-refractivity contribution in [1.82, 2.24) is 14.6 Å². The van der Waals surface area contributed by atoms with E-state index >= 15 is 0 Å². The number of nitrogen functional groups attached to an aromatic ring is 1. The summed E-state index contributed by atoms with van der Waals surface area (Å²) >= 11 is 0. The van der Waals surface area contributed by atoms with Crippen molar-refractivity contribution < 1.29 is 13.2 Å². The van der Waals surface area contributed by atoms with E-state index in [1.807, 2.05) is 19.1 Å². The zero-order valence-electron chi connectivity index (χ0n) is 11.0. The highest BCUT2D eigenvalue weighted by Gasteiger charge is 2.34. The molecule has 0 saturated carbocycles. The van der Waals surface area contributed by atoms with Crippen LogP contribution in [0.2, 0.25) is 0 Å². The lowest BCUT2D eigenvalue weighted by Gasteiger charge is -2.10. The average Bonchev–Trinajstić information content (AvgIpc) is 2.84. The van der Waals surface area contributed by atoms with Gasteiger partial charge in [0.2, 0.25) is 0 Å². The number of aromatic nitrogens is 3. The SMILES string of the molecule is Cc1ccccc1-c1c(N)cnc2cc(C(F)(F)F)nn12. The first-order valence-corrected chi connectivity index (χ1v) is 6.15. The van der Waals surface area contributed by atoms with Gasteiger partial charge in [0.25, 0.3) is 0 Å². The summed E-state index contributed by atoms with van der Waals surface area (Å²) in [6.07, 6.45) is -3.18. The van der Waals surface area contributed by atoms with Crippen LogP contribution in [0.3, 0.4) is 0 Å². The summed E-state index contributed by atoms with van der Waals surface area (Å²) in [5.41, 5.74) is 7.31. The molecular weight excluding hydrogens is 281 g/mol. The molecule has 7 heteroatoms. The second-order valence-corrected chi connectivity index (χ2v) is 4.67. The number of aryl methyl sites for hydroxylation is 1. The number of anilines is 1. The van der Waals surface area contributed by atoms with Crippen molar-refractivity contribution in [3.8, 4) is 11.3 Å². The first kappa shape index (κ1) is 13.4. The van der Waals surface area contributed by atoms with Gasteiger partial charge in [-0.15, -0.1) is 0 Å². The monoisotopic (exact) mass is 292 g/mol. The Morgan fingerprint density at radius 2 is 1.90 bits per heavy atom. The average molecular weight is 292 g/mol. The van der Waals surface area contributed by atoms with Crippen LogP contribution >= 0.6 is 0 Å². The maximum absolute atomic E-state index is 12.8. The second-order valence-electron chi connectivity index (χ2n) is 4.67. The zero-order chi connectivity index (χ0) is 15.2. The lowest BCUT2D eigenvalue weighted by molar-refractivity contribution is -0.141.